The lowest BCUT2D eigenvalue weighted by molar-refractivity contribution is 0.0987. The highest BCUT2D eigenvalue weighted by atomic mass is 79.9. The van der Waals surface area contributed by atoms with E-state index in [1.54, 1.807) is 28.8 Å². The highest BCUT2D eigenvalue weighted by Gasteiger charge is 2.26. The van der Waals surface area contributed by atoms with Crippen molar-refractivity contribution in [3.8, 4) is 0 Å². The molecule has 26 heavy (non-hydrogen) atoms. The van der Waals surface area contributed by atoms with E-state index in [2.05, 4.69) is 26.0 Å². The van der Waals surface area contributed by atoms with Gasteiger partial charge in [-0.3, -0.25) is 9.69 Å². The van der Waals surface area contributed by atoms with E-state index in [9.17, 15) is 4.79 Å². The van der Waals surface area contributed by atoms with Crippen molar-refractivity contribution in [3.63, 3.8) is 0 Å². The molecular formula is C19H18BrClN4O. The molecule has 0 aliphatic heterocycles. The third kappa shape index (κ3) is 3.81. The van der Waals surface area contributed by atoms with E-state index in [1.807, 2.05) is 43.3 Å². The standard InChI is InChI=1S/C19H18BrClN4O/c1-3-24(16-10-9-15(20)11-22-16)19(26)17-13(2)23-25(18(17)21)12-14-7-5-4-6-8-14/h4-11H,3,12H2,1-2H3. The van der Waals surface area contributed by atoms with Gasteiger partial charge in [0.25, 0.3) is 5.91 Å². The zero-order chi connectivity index (χ0) is 18.7. The first kappa shape index (κ1) is 18.6. The van der Waals surface area contributed by atoms with Gasteiger partial charge >= 0.3 is 0 Å². The molecule has 5 nitrogen and oxygen atoms in total. The van der Waals surface area contributed by atoms with Crippen molar-refractivity contribution >= 4 is 39.3 Å². The molecule has 0 radical (unpaired) electrons. The first-order valence-electron chi connectivity index (χ1n) is 8.21. The van der Waals surface area contributed by atoms with Crippen molar-refractivity contribution in [3.05, 3.63) is 75.1 Å². The molecule has 0 saturated heterocycles. The number of amides is 1. The normalized spacial score (nSPS) is 10.8. The van der Waals surface area contributed by atoms with Crippen LogP contribution in [0.3, 0.4) is 0 Å². The summed E-state index contributed by atoms with van der Waals surface area (Å²) >= 11 is 9.87. The van der Waals surface area contributed by atoms with Gasteiger partial charge in [-0.1, -0.05) is 41.9 Å². The minimum absolute atomic E-state index is 0.205. The summed E-state index contributed by atoms with van der Waals surface area (Å²) in [5.41, 5.74) is 2.08. The van der Waals surface area contributed by atoms with Crippen LogP contribution >= 0.6 is 27.5 Å². The number of pyridine rings is 1. The van der Waals surface area contributed by atoms with Gasteiger partial charge in [-0.2, -0.15) is 5.10 Å². The lowest BCUT2D eigenvalue weighted by Crippen LogP contribution is -2.31. The highest BCUT2D eigenvalue weighted by molar-refractivity contribution is 9.10. The van der Waals surface area contributed by atoms with Crippen molar-refractivity contribution in [2.75, 3.05) is 11.4 Å². The maximum Gasteiger partial charge on any atom is 0.264 e. The third-order valence-electron chi connectivity index (χ3n) is 4.00. The van der Waals surface area contributed by atoms with E-state index in [-0.39, 0.29) is 5.91 Å². The van der Waals surface area contributed by atoms with E-state index in [1.165, 1.54) is 0 Å². The Hall–Kier alpha value is -2.18. The van der Waals surface area contributed by atoms with Crippen LogP contribution in [-0.2, 0) is 6.54 Å². The van der Waals surface area contributed by atoms with Crippen LogP contribution in [-0.4, -0.2) is 27.2 Å². The fraction of sp³-hybridized carbons (Fsp3) is 0.211. The summed E-state index contributed by atoms with van der Waals surface area (Å²) in [6.45, 7) is 4.69. The minimum Gasteiger partial charge on any atom is -0.293 e. The second-order valence-corrected chi connectivity index (χ2v) is 7.05. The van der Waals surface area contributed by atoms with Crippen molar-refractivity contribution in [2.45, 2.75) is 20.4 Å². The lowest BCUT2D eigenvalue weighted by atomic mass is 10.2. The Labute approximate surface area is 165 Å². The number of aryl methyl sites for hydroxylation is 1. The number of hydrogen-bond acceptors (Lipinski definition) is 3. The third-order valence-corrected chi connectivity index (χ3v) is 4.86. The molecule has 3 rings (SSSR count). The Bertz CT molecular complexity index is 909. The first-order chi connectivity index (χ1) is 12.5. The number of benzene rings is 1. The van der Waals surface area contributed by atoms with Crippen LogP contribution in [0.4, 0.5) is 5.82 Å². The molecular weight excluding hydrogens is 416 g/mol. The molecule has 0 bridgehead atoms. The predicted molar refractivity (Wildman–Crippen MR) is 107 cm³/mol. The van der Waals surface area contributed by atoms with Crippen LogP contribution in [0.15, 0.2) is 53.1 Å². The molecule has 0 aliphatic rings. The SMILES string of the molecule is CCN(C(=O)c1c(C)nn(Cc2ccccc2)c1Cl)c1ccc(Br)cn1. The molecule has 2 aromatic heterocycles. The van der Waals surface area contributed by atoms with Gasteiger partial charge in [0.05, 0.1) is 17.8 Å². The van der Waals surface area contributed by atoms with E-state index in [0.29, 0.717) is 35.3 Å². The molecule has 0 fully saturated rings. The van der Waals surface area contributed by atoms with Gasteiger partial charge in [-0.15, -0.1) is 0 Å². The van der Waals surface area contributed by atoms with Crippen molar-refractivity contribution in [1.82, 2.24) is 14.8 Å². The van der Waals surface area contributed by atoms with Gasteiger partial charge in [0, 0.05) is 17.2 Å². The van der Waals surface area contributed by atoms with E-state index < -0.39 is 0 Å². The average molecular weight is 434 g/mol. The van der Waals surface area contributed by atoms with Crippen molar-refractivity contribution in [1.29, 1.82) is 0 Å². The van der Waals surface area contributed by atoms with Crippen molar-refractivity contribution < 1.29 is 4.79 Å². The topological polar surface area (TPSA) is 51.0 Å². The molecule has 0 saturated carbocycles. The smallest absolute Gasteiger partial charge is 0.264 e. The average Bonchev–Trinajstić information content (AvgIpc) is 2.91. The molecule has 2 heterocycles. The zero-order valence-electron chi connectivity index (χ0n) is 14.5. The van der Waals surface area contributed by atoms with E-state index in [4.69, 9.17) is 11.6 Å². The Morgan fingerprint density at radius 3 is 2.58 bits per heavy atom. The minimum atomic E-state index is -0.205. The molecule has 0 N–H and O–H groups in total. The van der Waals surface area contributed by atoms with Crippen molar-refractivity contribution in [2.24, 2.45) is 0 Å². The first-order valence-corrected chi connectivity index (χ1v) is 9.38. The summed E-state index contributed by atoms with van der Waals surface area (Å²) in [7, 11) is 0. The maximum absolute atomic E-state index is 13.1. The monoisotopic (exact) mass is 432 g/mol. The molecule has 7 heteroatoms. The van der Waals surface area contributed by atoms with Gasteiger partial charge in [-0.05, 0) is 47.5 Å². The van der Waals surface area contributed by atoms with E-state index >= 15 is 0 Å². The van der Waals surface area contributed by atoms with Crippen LogP contribution < -0.4 is 4.90 Å². The number of carbonyl (C=O) groups is 1. The molecule has 0 aliphatic carbocycles. The number of carbonyl (C=O) groups excluding carboxylic acids is 1. The second kappa shape index (κ2) is 8.01. The summed E-state index contributed by atoms with van der Waals surface area (Å²) < 4.78 is 2.51. The number of anilines is 1. The van der Waals surface area contributed by atoms with Gasteiger partial charge < -0.3 is 0 Å². The molecule has 3 aromatic rings. The number of nitrogens with zero attached hydrogens (tertiary/aromatic N) is 4. The van der Waals surface area contributed by atoms with Crippen LogP contribution in [0.5, 0.6) is 0 Å². The molecule has 0 atom stereocenters. The molecule has 134 valence electrons. The number of halogens is 2. The van der Waals surface area contributed by atoms with Gasteiger partial charge in [0.15, 0.2) is 0 Å². The summed E-state index contributed by atoms with van der Waals surface area (Å²) in [5, 5.41) is 4.80. The van der Waals surface area contributed by atoms with E-state index in [0.717, 1.165) is 10.0 Å². The molecule has 0 spiro atoms. The van der Waals surface area contributed by atoms with Gasteiger partial charge in [0.1, 0.15) is 11.0 Å². The summed E-state index contributed by atoms with van der Waals surface area (Å²) in [5.74, 6) is 0.371. The van der Waals surface area contributed by atoms with Crippen LogP contribution in [0, 0.1) is 6.92 Å². The highest BCUT2D eigenvalue weighted by Crippen LogP contribution is 2.25. The summed E-state index contributed by atoms with van der Waals surface area (Å²) in [6, 6.07) is 13.5. The number of rotatable bonds is 5. The molecule has 0 unspecified atom stereocenters. The zero-order valence-corrected chi connectivity index (χ0v) is 16.8. The van der Waals surface area contributed by atoms with Gasteiger partial charge in [0.2, 0.25) is 0 Å². The fourth-order valence-corrected chi connectivity index (χ4v) is 3.28. The van der Waals surface area contributed by atoms with Gasteiger partial charge in [-0.25, -0.2) is 9.67 Å². The van der Waals surface area contributed by atoms with Crippen LogP contribution in [0.1, 0.15) is 28.5 Å². The summed E-state index contributed by atoms with van der Waals surface area (Å²) in [4.78, 5) is 19.0. The second-order valence-electron chi connectivity index (χ2n) is 5.78. The largest absolute Gasteiger partial charge is 0.293 e. The fourth-order valence-electron chi connectivity index (χ4n) is 2.73. The Morgan fingerprint density at radius 2 is 1.96 bits per heavy atom. The predicted octanol–water partition coefficient (Wildman–Crippen LogP) is 4.72. The Kier molecular flexibility index (Phi) is 5.74. The number of hydrogen-bond donors (Lipinski definition) is 0. The molecule has 1 amide bonds. The Morgan fingerprint density at radius 1 is 1.23 bits per heavy atom. The Balaban J connectivity index is 1.92. The molecule has 1 aromatic carbocycles. The lowest BCUT2D eigenvalue weighted by Gasteiger charge is -2.19. The van der Waals surface area contributed by atoms with Crippen LogP contribution in [0.25, 0.3) is 0 Å². The maximum atomic E-state index is 13.1. The number of aromatic nitrogens is 3. The quantitative estimate of drug-likeness (QED) is 0.585. The van der Waals surface area contributed by atoms with Crippen LogP contribution in [0.2, 0.25) is 5.15 Å². The summed E-state index contributed by atoms with van der Waals surface area (Å²) in [6.07, 6.45) is 1.67.